The molecule has 0 fully saturated rings. The molecule has 5 rings (SSSR count). The van der Waals surface area contributed by atoms with Crippen molar-refractivity contribution < 1.29 is 0 Å². The third-order valence-electron chi connectivity index (χ3n) is 7.06. The molecule has 0 saturated heterocycles. The molecule has 184 valence electrons. The van der Waals surface area contributed by atoms with Crippen molar-refractivity contribution in [1.82, 2.24) is 0 Å². The van der Waals surface area contributed by atoms with E-state index in [1.165, 1.54) is 22.3 Å². The van der Waals surface area contributed by atoms with Crippen molar-refractivity contribution in [2.75, 3.05) is 10.7 Å². The maximum atomic E-state index is 7.07. The van der Waals surface area contributed by atoms with Crippen LogP contribution < -0.4 is 16.6 Å². The van der Waals surface area contributed by atoms with E-state index >= 15 is 0 Å². The number of rotatable bonds is 8. The summed E-state index contributed by atoms with van der Waals surface area (Å²) < 4.78 is 0. The van der Waals surface area contributed by atoms with Crippen molar-refractivity contribution in [3.8, 4) is 11.1 Å². The van der Waals surface area contributed by atoms with Crippen molar-refractivity contribution >= 4 is 17.1 Å². The van der Waals surface area contributed by atoms with Crippen LogP contribution in [0.15, 0.2) is 121 Å². The Kier molecular flexibility index (Phi) is 7.34. The average Bonchev–Trinajstić information content (AvgIpc) is 2.95. The van der Waals surface area contributed by atoms with E-state index < -0.39 is 0 Å². The standard InChI is InChI=1S/C34H33N3/c1-25-30(23-22-26-14-6-2-7-15-26)34(37(36)29-20-12-5-13-21-29)31(24-27-16-8-3-9-17-27)33(35)32(25)28-18-10-4-11-19-28/h2-21H,22-24,35-36H2,1H3. The number of hydrogen-bond acceptors (Lipinski definition) is 3. The second-order valence-corrected chi connectivity index (χ2v) is 9.44. The second-order valence-electron chi connectivity index (χ2n) is 9.44. The molecule has 3 nitrogen and oxygen atoms in total. The molecule has 37 heavy (non-hydrogen) atoms. The van der Waals surface area contributed by atoms with E-state index in [2.05, 4.69) is 85.8 Å². The minimum atomic E-state index is 0.695. The normalized spacial score (nSPS) is 10.9. The summed E-state index contributed by atoms with van der Waals surface area (Å²) in [6, 6.07) is 41.7. The van der Waals surface area contributed by atoms with E-state index in [0.717, 1.165) is 46.6 Å². The molecule has 0 bridgehead atoms. The molecule has 0 aliphatic heterocycles. The fourth-order valence-corrected chi connectivity index (χ4v) is 5.18. The lowest BCUT2D eigenvalue weighted by Crippen LogP contribution is -2.28. The highest BCUT2D eigenvalue weighted by Gasteiger charge is 2.24. The van der Waals surface area contributed by atoms with Gasteiger partial charge in [0.15, 0.2) is 0 Å². The first-order valence-electron chi connectivity index (χ1n) is 12.8. The van der Waals surface area contributed by atoms with Gasteiger partial charge in [0.2, 0.25) is 0 Å². The lowest BCUT2D eigenvalue weighted by molar-refractivity contribution is 0.925. The SMILES string of the molecule is Cc1c(CCc2ccccc2)c(N(N)c2ccccc2)c(Cc2ccccc2)c(N)c1-c1ccccc1. The van der Waals surface area contributed by atoms with Crippen LogP contribution in [-0.4, -0.2) is 0 Å². The summed E-state index contributed by atoms with van der Waals surface area (Å²) >= 11 is 0. The second kappa shape index (κ2) is 11.2. The van der Waals surface area contributed by atoms with Crippen LogP contribution in [0, 0.1) is 6.92 Å². The number of hydrogen-bond donors (Lipinski definition) is 2. The van der Waals surface area contributed by atoms with Crippen LogP contribution in [0.1, 0.15) is 27.8 Å². The van der Waals surface area contributed by atoms with E-state index in [1.807, 2.05) is 47.5 Å². The first kappa shape index (κ1) is 24.4. The summed E-state index contributed by atoms with van der Waals surface area (Å²) in [5.41, 5.74) is 18.0. The predicted molar refractivity (Wildman–Crippen MR) is 157 cm³/mol. The van der Waals surface area contributed by atoms with E-state index in [1.54, 1.807) is 0 Å². The van der Waals surface area contributed by atoms with Crippen molar-refractivity contribution in [3.63, 3.8) is 0 Å². The van der Waals surface area contributed by atoms with Gasteiger partial charge in [0.25, 0.3) is 0 Å². The maximum absolute atomic E-state index is 7.07. The van der Waals surface area contributed by atoms with Gasteiger partial charge in [0, 0.05) is 23.2 Å². The summed E-state index contributed by atoms with van der Waals surface area (Å²) in [5.74, 6) is 6.94. The lowest BCUT2D eigenvalue weighted by atomic mass is 9.85. The van der Waals surface area contributed by atoms with Gasteiger partial charge in [0.1, 0.15) is 0 Å². The van der Waals surface area contributed by atoms with Gasteiger partial charge in [-0.05, 0) is 59.7 Å². The molecule has 0 amide bonds. The molecule has 3 heteroatoms. The molecular weight excluding hydrogens is 450 g/mol. The molecule has 0 radical (unpaired) electrons. The van der Waals surface area contributed by atoms with E-state index in [0.29, 0.717) is 6.42 Å². The van der Waals surface area contributed by atoms with Gasteiger partial charge < -0.3 is 5.73 Å². The topological polar surface area (TPSA) is 55.3 Å². The zero-order valence-electron chi connectivity index (χ0n) is 21.3. The minimum absolute atomic E-state index is 0.695. The van der Waals surface area contributed by atoms with E-state index in [-0.39, 0.29) is 0 Å². The molecule has 0 saturated carbocycles. The third-order valence-corrected chi connectivity index (χ3v) is 7.06. The molecule has 0 heterocycles. The van der Waals surface area contributed by atoms with Crippen LogP contribution in [0.5, 0.6) is 0 Å². The highest BCUT2D eigenvalue weighted by molar-refractivity contribution is 5.90. The van der Waals surface area contributed by atoms with Crippen molar-refractivity contribution in [2.24, 2.45) is 5.84 Å². The van der Waals surface area contributed by atoms with Gasteiger partial charge in [-0.25, -0.2) is 5.84 Å². The van der Waals surface area contributed by atoms with Crippen molar-refractivity contribution in [2.45, 2.75) is 26.2 Å². The highest BCUT2D eigenvalue weighted by atomic mass is 15.4. The molecule has 0 unspecified atom stereocenters. The number of para-hydroxylation sites is 1. The Morgan fingerprint density at radius 1 is 0.595 bits per heavy atom. The fourth-order valence-electron chi connectivity index (χ4n) is 5.18. The Hall–Kier alpha value is -4.34. The first-order chi connectivity index (χ1) is 18.1. The van der Waals surface area contributed by atoms with Crippen molar-refractivity contribution in [1.29, 1.82) is 0 Å². The molecule has 0 aliphatic rings. The first-order valence-corrected chi connectivity index (χ1v) is 12.8. The molecule has 4 N–H and O–H groups in total. The van der Waals surface area contributed by atoms with Crippen LogP contribution in [0.3, 0.4) is 0 Å². The Morgan fingerprint density at radius 2 is 1.11 bits per heavy atom. The third kappa shape index (κ3) is 5.28. The van der Waals surface area contributed by atoms with Crippen LogP contribution in [0.25, 0.3) is 11.1 Å². The van der Waals surface area contributed by atoms with Gasteiger partial charge in [-0.2, -0.15) is 0 Å². The van der Waals surface area contributed by atoms with Gasteiger partial charge in [-0.1, -0.05) is 109 Å². The molecular formula is C34H33N3. The van der Waals surface area contributed by atoms with Crippen LogP contribution in [0.4, 0.5) is 17.1 Å². The quantitative estimate of drug-likeness (QED) is 0.135. The molecule has 5 aromatic rings. The van der Waals surface area contributed by atoms with Gasteiger partial charge in [-0.3, -0.25) is 5.01 Å². The zero-order chi connectivity index (χ0) is 25.6. The van der Waals surface area contributed by atoms with Gasteiger partial charge in [-0.15, -0.1) is 0 Å². The predicted octanol–water partition coefficient (Wildman–Crippen LogP) is 7.63. The summed E-state index contributed by atoms with van der Waals surface area (Å²) in [5, 5.41) is 1.83. The summed E-state index contributed by atoms with van der Waals surface area (Å²) in [7, 11) is 0. The summed E-state index contributed by atoms with van der Waals surface area (Å²) in [4.78, 5) is 0. The number of nitrogens with two attached hydrogens (primary N) is 2. The Bertz CT molecular complexity index is 1450. The minimum Gasteiger partial charge on any atom is -0.398 e. The molecule has 5 aromatic carbocycles. The van der Waals surface area contributed by atoms with E-state index in [4.69, 9.17) is 11.6 Å². The van der Waals surface area contributed by atoms with Gasteiger partial charge in [0.05, 0.1) is 11.4 Å². The van der Waals surface area contributed by atoms with Crippen molar-refractivity contribution in [3.05, 3.63) is 149 Å². The average molecular weight is 484 g/mol. The molecule has 0 aromatic heterocycles. The Labute approximate surface area is 220 Å². The van der Waals surface area contributed by atoms with Crippen LogP contribution in [-0.2, 0) is 19.3 Å². The molecule has 0 spiro atoms. The number of nitrogens with zero attached hydrogens (tertiary/aromatic N) is 1. The number of aryl methyl sites for hydroxylation is 1. The number of benzene rings is 5. The van der Waals surface area contributed by atoms with E-state index in [9.17, 15) is 0 Å². The Morgan fingerprint density at radius 3 is 1.70 bits per heavy atom. The van der Waals surface area contributed by atoms with Crippen LogP contribution in [0.2, 0.25) is 0 Å². The summed E-state index contributed by atoms with van der Waals surface area (Å²) in [6.45, 7) is 2.19. The Balaban J connectivity index is 1.75. The zero-order valence-corrected chi connectivity index (χ0v) is 21.3. The monoisotopic (exact) mass is 483 g/mol. The fraction of sp³-hybridized carbons (Fsp3) is 0.118. The maximum Gasteiger partial charge on any atom is 0.0666 e. The van der Waals surface area contributed by atoms with Crippen LogP contribution >= 0.6 is 0 Å². The smallest absolute Gasteiger partial charge is 0.0666 e. The number of nitrogen functional groups attached to an aromatic ring is 1. The van der Waals surface area contributed by atoms with Gasteiger partial charge >= 0.3 is 0 Å². The molecule has 0 atom stereocenters. The lowest BCUT2D eigenvalue weighted by Gasteiger charge is -2.30. The summed E-state index contributed by atoms with van der Waals surface area (Å²) in [6.07, 6.45) is 2.47. The number of hydrazine groups is 1. The molecule has 0 aliphatic carbocycles. The highest BCUT2D eigenvalue weighted by Crippen LogP contribution is 2.44. The largest absolute Gasteiger partial charge is 0.398 e. The number of anilines is 3.